The van der Waals surface area contributed by atoms with Crippen LogP contribution in [-0.2, 0) is 13.1 Å². The molecule has 0 radical (unpaired) electrons. The Balaban J connectivity index is 1.74. The van der Waals surface area contributed by atoms with Crippen LogP contribution in [0.5, 0.6) is 0 Å². The number of hydrogen-bond donors (Lipinski definition) is 2. The number of fused-ring (bicyclic) bond motifs is 1. The molecular weight excluding hydrogens is 368 g/mol. The molecule has 3 N–H and O–H groups in total. The third-order valence-corrected chi connectivity index (χ3v) is 5.18. The molecule has 9 nitrogen and oxygen atoms in total. The minimum atomic E-state index is -0.823. The van der Waals surface area contributed by atoms with Crippen molar-refractivity contribution in [2.24, 2.45) is 5.73 Å². The highest BCUT2D eigenvalue weighted by molar-refractivity contribution is 5.59. The maximum Gasteiger partial charge on any atom is 0.182 e. The van der Waals surface area contributed by atoms with Gasteiger partial charge in [-0.3, -0.25) is 0 Å². The molecule has 1 aliphatic heterocycles. The highest BCUT2D eigenvalue weighted by Crippen LogP contribution is 2.39. The fraction of sp³-hybridized carbons (Fsp3) is 0.400. The molecule has 0 aliphatic carbocycles. The number of aromatic nitrogens is 5. The van der Waals surface area contributed by atoms with E-state index in [2.05, 4.69) is 10.2 Å². The van der Waals surface area contributed by atoms with Crippen LogP contribution in [0, 0.1) is 0 Å². The molecule has 0 amide bonds. The number of aliphatic hydroxyl groups is 1. The van der Waals surface area contributed by atoms with Crippen molar-refractivity contribution in [2.75, 3.05) is 23.9 Å². The molecular formula is C20H26N8O. The molecule has 4 heterocycles. The SMILES string of the molecule is CCn1cnnc1-c1cccc(N2Cc3c(cc(N(C)C)nc3[C@H](C)N)C2O)n1. The van der Waals surface area contributed by atoms with Crippen molar-refractivity contribution in [3.8, 4) is 11.5 Å². The van der Waals surface area contributed by atoms with Gasteiger partial charge in [0.2, 0.25) is 0 Å². The predicted molar refractivity (Wildman–Crippen MR) is 111 cm³/mol. The molecule has 1 aliphatic rings. The van der Waals surface area contributed by atoms with E-state index in [1.807, 2.05) is 66.6 Å². The lowest BCUT2D eigenvalue weighted by molar-refractivity contribution is 0.181. The fourth-order valence-corrected chi connectivity index (χ4v) is 3.63. The Kier molecular flexibility index (Phi) is 4.93. The van der Waals surface area contributed by atoms with E-state index in [1.54, 1.807) is 6.33 Å². The molecule has 29 heavy (non-hydrogen) atoms. The summed E-state index contributed by atoms with van der Waals surface area (Å²) in [6.07, 6.45) is 0.865. The Hall–Kier alpha value is -3.04. The summed E-state index contributed by atoms with van der Waals surface area (Å²) in [5.74, 6) is 2.14. The summed E-state index contributed by atoms with van der Waals surface area (Å²) < 4.78 is 1.93. The normalized spacial score (nSPS) is 16.8. The molecule has 3 aromatic heterocycles. The van der Waals surface area contributed by atoms with Gasteiger partial charge in [0.1, 0.15) is 23.7 Å². The average molecular weight is 394 g/mol. The zero-order chi connectivity index (χ0) is 20.7. The second-order valence-electron chi connectivity index (χ2n) is 7.44. The lowest BCUT2D eigenvalue weighted by atomic mass is 10.0. The largest absolute Gasteiger partial charge is 0.369 e. The van der Waals surface area contributed by atoms with Crippen LogP contribution >= 0.6 is 0 Å². The zero-order valence-corrected chi connectivity index (χ0v) is 17.1. The second kappa shape index (κ2) is 7.41. The van der Waals surface area contributed by atoms with Crippen molar-refractivity contribution in [1.29, 1.82) is 0 Å². The van der Waals surface area contributed by atoms with E-state index in [4.69, 9.17) is 15.7 Å². The number of hydrogen-bond acceptors (Lipinski definition) is 8. The summed E-state index contributed by atoms with van der Waals surface area (Å²) in [5, 5.41) is 19.3. The molecule has 9 heteroatoms. The standard InChI is InChI=1S/C20H26N8O/c1-5-27-11-22-25-19(27)15-7-6-8-16(23-15)28-10-14-13(20(28)29)9-17(26(3)4)24-18(14)12(2)21/h6-9,11-12,20,29H,5,10,21H2,1-4H3/t12-,20?/m0/s1. The first-order valence-electron chi connectivity index (χ1n) is 9.67. The average Bonchev–Trinajstić information content (AvgIpc) is 3.32. The van der Waals surface area contributed by atoms with Crippen molar-refractivity contribution in [1.82, 2.24) is 24.7 Å². The summed E-state index contributed by atoms with van der Waals surface area (Å²) in [7, 11) is 3.85. The molecule has 0 spiro atoms. The van der Waals surface area contributed by atoms with Gasteiger partial charge in [-0.15, -0.1) is 10.2 Å². The first-order chi connectivity index (χ1) is 13.9. The van der Waals surface area contributed by atoms with Crippen molar-refractivity contribution in [3.05, 3.63) is 47.4 Å². The minimum Gasteiger partial charge on any atom is -0.369 e. The number of nitrogens with zero attached hydrogens (tertiary/aromatic N) is 7. The Morgan fingerprint density at radius 3 is 2.79 bits per heavy atom. The number of nitrogens with two attached hydrogens (primary N) is 1. The summed E-state index contributed by atoms with van der Waals surface area (Å²) in [6.45, 7) is 5.18. The Bertz CT molecular complexity index is 1030. The first kappa shape index (κ1) is 19.3. The second-order valence-corrected chi connectivity index (χ2v) is 7.44. The third-order valence-electron chi connectivity index (χ3n) is 5.18. The van der Waals surface area contributed by atoms with Crippen LogP contribution < -0.4 is 15.5 Å². The van der Waals surface area contributed by atoms with E-state index in [9.17, 15) is 5.11 Å². The van der Waals surface area contributed by atoms with Crippen LogP contribution in [0.4, 0.5) is 11.6 Å². The van der Waals surface area contributed by atoms with Gasteiger partial charge >= 0.3 is 0 Å². The Morgan fingerprint density at radius 1 is 1.31 bits per heavy atom. The van der Waals surface area contributed by atoms with Crippen molar-refractivity contribution < 1.29 is 5.11 Å². The molecule has 0 bridgehead atoms. The third kappa shape index (κ3) is 3.32. The molecule has 0 saturated heterocycles. The van der Waals surface area contributed by atoms with Crippen LogP contribution in [0.15, 0.2) is 30.6 Å². The smallest absolute Gasteiger partial charge is 0.182 e. The summed E-state index contributed by atoms with van der Waals surface area (Å²) in [6, 6.07) is 7.38. The summed E-state index contributed by atoms with van der Waals surface area (Å²) >= 11 is 0. The summed E-state index contributed by atoms with van der Waals surface area (Å²) in [5.41, 5.74) is 9.48. The number of anilines is 2. The van der Waals surface area contributed by atoms with Gasteiger partial charge in [0.15, 0.2) is 12.1 Å². The first-order valence-corrected chi connectivity index (χ1v) is 9.67. The van der Waals surface area contributed by atoms with Crippen molar-refractivity contribution in [3.63, 3.8) is 0 Å². The maximum absolute atomic E-state index is 11.1. The molecule has 152 valence electrons. The van der Waals surface area contributed by atoms with Gasteiger partial charge in [0.05, 0.1) is 5.69 Å². The topological polar surface area (TPSA) is 109 Å². The highest BCUT2D eigenvalue weighted by atomic mass is 16.3. The van der Waals surface area contributed by atoms with Gasteiger partial charge in [0.25, 0.3) is 0 Å². The molecule has 3 aromatic rings. The van der Waals surface area contributed by atoms with Gasteiger partial charge in [-0.2, -0.15) is 0 Å². The van der Waals surface area contributed by atoms with Gasteiger partial charge in [-0.1, -0.05) is 6.07 Å². The molecule has 1 unspecified atom stereocenters. The van der Waals surface area contributed by atoms with Crippen molar-refractivity contribution in [2.45, 2.75) is 39.2 Å². The van der Waals surface area contributed by atoms with Gasteiger partial charge in [0, 0.05) is 44.4 Å². The van der Waals surface area contributed by atoms with Crippen LogP contribution in [0.2, 0.25) is 0 Å². The van der Waals surface area contributed by atoms with Gasteiger partial charge in [-0.05, 0) is 32.0 Å². The Morgan fingerprint density at radius 2 is 2.10 bits per heavy atom. The maximum atomic E-state index is 11.1. The molecule has 0 saturated carbocycles. The van der Waals surface area contributed by atoms with Gasteiger partial charge in [-0.25, -0.2) is 9.97 Å². The molecule has 2 atom stereocenters. The van der Waals surface area contributed by atoms with Crippen molar-refractivity contribution >= 4 is 11.6 Å². The quantitative estimate of drug-likeness (QED) is 0.675. The van der Waals surface area contributed by atoms with E-state index in [-0.39, 0.29) is 6.04 Å². The monoisotopic (exact) mass is 394 g/mol. The van der Waals surface area contributed by atoms with Crippen LogP contribution in [0.1, 0.15) is 42.9 Å². The highest BCUT2D eigenvalue weighted by Gasteiger charge is 2.33. The van der Waals surface area contributed by atoms with E-state index < -0.39 is 6.23 Å². The number of rotatable bonds is 5. The van der Waals surface area contributed by atoms with Crippen LogP contribution in [-0.4, -0.2) is 43.9 Å². The number of aliphatic hydroxyl groups excluding tert-OH is 1. The lowest BCUT2D eigenvalue weighted by Gasteiger charge is -2.22. The van der Waals surface area contributed by atoms with E-state index >= 15 is 0 Å². The number of aryl methyl sites for hydroxylation is 1. The minimum absolute atomic E-state index is 0.238. The molecule has 4 rings (SSSR count). The molecule has 0 aromatic carbocycles. The Labute approximate surface area is 169 Å². The summed E-state index contributed by atoms with van der Waals surface area (Å²) in [4.78, 5) is 13.2. The van der Waals surface area contributed by atoms with E-state index in [1.165, 1.54) is 0 Å². The number of pyridine rings is 2. The zero-order valence-electron chi connectivity index (χ0n) is 17.1. The fourth-order valence-electron chi connectivity index (χ4n) is 3.63. The van der Waals surface area contributed by atoms with Crippen LogP contribution in [0.25, 0.3) is 11.5 Å². The van der Waals surface area contributed by atoms with Gasteiger partial charge < -0.3 is 25.2 Å². The van der Waals surface area contributed by atoms with E-state index in [0.717, 1.165) is 29.2 Å². The predicted octanol–water partition coefficient (Wildman–Crippen LogP) is 1.85. The lowest BCUT2D eigenvalue weighted by Crippen LogP contribution is -2.22. The van der Waals surface area contributed by atoms with E-state index in [0.29, 0.717) is 23.9 Å². The van der Waals surface area contributed by atoms with Crippen LogP contribution in [0.3, 0.4) is 0 Å². The molecule has 0 fully saturated rings.